The lowest BCUT2D eigenvalue weighted by atomic mass is 10.1. The third kappa shape index (κ3) is 4.80. The van der Waals surface area contributed by atoms with E-state index in [0.717, 1.165) is 16.5 Å². The van der Waals surface area contributed by atoms with Crippen molar-refractivity contribution in [2.45, 2.75) is 39.2 Å². The van der Waals surface area contributed by atoms with Crippen LogP contribution in [0, 0.1) is 0 Å². The van der Waals surface area contributed by atoms with Crippen LogP contribution in [0.2, 0.25) is 0 Å². The Morgan fingerprint density at radius 1 is 1.40 bits per heavy atom. The lowest BCUT2D eigenvalue weighted by Crippen LogP contribution is -2.30. The molecule has 0 heterocycles. The summed E-state index contributed by atoms with van der Waals surface area (Å²) in [6.45, 7) is 4.69. The van der Waals surface area contributed by atoms with Crippen LogP contribution in [0.3, 0.4) is 0 Å². The van der Waals surface area contributed by atoms with Gasteiger partial charge in [-0.25, -0.2) is 4.79 Å². The molecule has 0 radical (unpaired) electrons. The van der Waals surface area contributed by atoms with Crippen molar-refractivity contribution >= 4 is 21.9 Å². The number of ether oxygens (including phenoxy) is 2. The number of carbonyl (C=O) groups is 1. The molecule has 0 saturated heterocycles. The van der Waals surface area contributed by atoms with Gasteiger partial charge in [0.1, 0.15) is 5.75 Å². The van der Waals surface area contributed by atoms with Crippen LogP contribution in [0.15, 0.2) is 22.7 Å². The first-order valence-electron chi connectivity index (χ1n) is 6.94. The van der Waals surface area contributed by atoms with E-state index in [9.17, 15) is 4.79 Å². The first-order chi connectivity index (χ1) is 9.63. The lowest BCUT2D eigenvalue weighted by molar-refractivity contribution is -0.151. The molecule has 0 fully saturated rings. The number of hydrogen-bond acceptors (Lipinski definition) is 4. The number of nitrogens with two attached hydrogens (primary N) is 1. The van der Waals surface area contributed by atoms with Gasteiger partial charge in [-0.05, 0) is 53.9 Å². The minimum Gasteiger partial charge on any atom is -0.477 e. The monoisotopic (exact) mass is 343 g/mol. The number of benzene rings is 1. The fourth-order valence-electron chi connectivity index (χ4n) is 1.90. The molecule has 1 unspecified atom stereocenters. The molecule has 2 N–H and O–H groups in total. The highest BCUT2D eigenvalue weighted by Gasteiger charge is 2.23. The Labute approximate surface area is 128 Å². The van der Waals surface area contributed by atoms with Gasteiger partial charge in [0.2, 0.25) is 0 Å². The van der Waals surface area contributed by atoms with Crippen molar-refractivity contribution in [3.05, 3.63) is 28.2 Å². The van der Waals surface area contributed by atoms with E-state index in [2.05, 4.69) is 15.9 Å². The van der Waals surface area contributed by atoms with Crippen LogP contribution >= 0.6 is 15.9 Å². The van der Waals surface area contributed by atoms with Crippen LogP contribution in [-0.2, 0) is 16.0 Å². The lowest BCUT2D eigenvalue weighted by Gasteiger charge is -2.20. The summed E-state index contributed by atoms with van der Waals surface area (Å²) < 4.78 is 11.8. The van der Waals surface area contributed by atoms with Gasteiger partial charge in [0.15, 0.2) is 6.10 Å². The Balaban J connectivity index is 2.94. The zero-order valence-electron chi connectivity index (χ0n) is 12.0. The van der Waals surface area contributed by atoms with Crippen molar-refractivity contribution in [3.63, 3.8) is 0 Å². The van der Waals surface area contributed by atoms with E-state index < -0.39 is 6.10 Å². The Bertz CT molecular complexity index is 437. The smallest absolute Gasteiger partial charge is 0.347 e. The zero-order chi connectivity index (χ0) is 15.0. The summed E-state index contributed by atoms with van der Waals surface area (Å²) in [5.41, 5.74) is 6.61. The second kappa shape index (κ2) is 8.97. The highest BCUT2D eigenvalue weighted by atomic mass is 79.9. The molecule has 0 saturated carbocycles. The molecule has 0 aliphatic rings. The number of carbonyl (C=O) groups excluding carboxylic acids is 1. The molecule has 112 valence electrons. The Morgan fingerprint density at radius 2 is 2.15 bits per heavy atom. The molecule has 0 bridgehead atoms. The highest BCUT2D eigenvalue weighted by molar-refractivity contribution is 9.10. The normalized spacial score (nSPS) is 12.0. The summed E-state index contributed by atoms with van der Waals surface area (Å²) in [7, 11) is 0. The van der Waals surface area contributed by atoms with Gasteiger partial charge in [0.25, 0.3) is 0 Å². The Hall–Kier alpha value is -1.07. The molecule has 0 aliphatic heterocycles. The van der Waals surface area contributed by atoms with E-state index >= 15 is 0 Å². The predicted octanol–water partition coefficient (Wildman–Crippen LogP) is 3.06. The SMILES string of the molecule is CCCC(Oc1c(Br)cccc1CCN)C(=O)OCC. The summed E-state index contributed by atoms with van der Waals surface area (Å²) in [6, 6.07) is 5.78. The minimum atomic E-state index is -0.574. The summed E-state index contributed by atoms with van der Waals surface area (Å²) in [4.78, 5) is 11.9. The van der Waals surface area contributed by atoms with Crippen molar-refractivity contribution in [2.24, 2.45) is 5.73 Å². The van der Waals surface area contributed by atoms with Crippen molar-refractivity contribution in [1.29, 1.82) is 0 Å². The first kappa shape index (κ1) is 17.0. The van der Waals surface area contributed by atoms with Gasteiger partial charge in [-0.1, -0.05) is 25.5 Å². The van der Waals surface area contributed by atoms with Crippen LogP contribution in [0.1, 0.15) is 32.3 Å². The third-order valence-electron chi connectivity index (χ3n) is 2.82. The quantitative estimate of drug-likeness (QED) is 0.737. The van der Waals surface area contributed by atoms with Crippen LogP contribution in [0.4, 0.5) is 0 Å². The van der Waals surface area contributed by atoms with Gasteiger partial charge >= 0.3 is 5.97 Å². The average Bonchev–Trinajstić information content (AvgIpc) is 2.42. The van der Waals surface area contributed by atoms with Crippen molar-refractivity contribution in [3.8, 4) is 5.75 Å². The molecule has 1 rings (SSSR count). The number of halogens is 1. The van der Waals surface area contributed by atoms with Crippen LogP contribution in [0.25, 0.3) is 0 Å². The number of rotatable bonds is 8. The molecule has 0 spiro atoms. The molecule has 1 aromatic rings. The minimum absolute atomic E-state index is 0.316. The highest BCUT2D eigenvalue weighted by Crippen LogP contribution is 2.31. The molecule has 5 heteroatoms. The van der Waals surface area contributed by atoms with Crippen molar-refractivity contribution in [2.75, 3.05) is 13.2 Å². The van der Waals surface area contributed by atoms with Gasteiger partial charge in [0, 0.05) is 0 Å². The second-order valence-electron chi connectivity index (χ2n) is 4.41. The van der Waals surface area contributed by atoms with Gasteiger partial charge < -0.3 is 15.2 Å². The summed E-state index contributed by atoms with van der Waals surface area (Å²) in [6.07, 6.45) is 1.61. The maximum atomic E-state index is 11.9. The molecular weight excluding hydrogens is 322 g/mol. The maximum absolute atomic E-state index is 11.9. The van der Waals surface area contributed by atoms with E-state index in [1.54, 1.807) is 6.92 Å². The van der Waals surface area contributed by atoms with E-state index in [1.807, 2.05) is 25.1 Å². The van der Waals surface area contributed by atoms with Gasteiger partial charge in [-0.2, -0.15) is 0 Å². The van der Waals surface area contributed by atoms with Gasteiger partial charge in [-0.3, -0.25) is 0 Å². The summed E-state index contributed by atoms with van der Waals surface area (Å²) >= 11 is 3.47. The molecule has 20 heavy (non-hydrogen) atoms. The van der Waals surface area contributed by atoms with Crippen LogP contribution in [-0.4, -0.2) is 25.2 Å². The fraction of sp³-hybridized carbons (Fsp3) is 0.533. The number of para-hydroxylation sites is 1. The largest absolute Gasteiger partial charge is 0.477 e. The standard InChI is InChI=1S/C15H22BrNO3/c1-3-6-13(15(18)19-4-2)20-14-11(9-10-17)7-5-8-12(14)16/h5,7-8,13H,3-4,6,9-10,17H2,1-2H3. The summed E-state index contributed by atoms with van der Waals surface area (Å²) in [5.74, 6) is 0.369. The van der Waals surface area contributed by atoms with Crippen LogP contribution in [0.5, 0.6) is 5.75 Å². The van der Waals surface area contributed by atoms with Crippen LogP contribution < -0.4 is 10.5 Å². The van der Waals surface area contributed by atoms with E-state index in [1.165, 1.54) is 0 Å². The second-order valence-corrected chi connectivity index (χ2v) is 5.27. The van der Waals surface area contributed by atoms with E-state index in [0.29, 0.717) is 31.7 Å². The first-order valence-corrected chi connectivity index (χ1v) is 7.74. The molecular formula is C15H22BrNO3. The van der Waals surface area contributed by atoms with E-state index in [-0.39, 0.29) is 5.97 Å². The maximum Gasteiger partial charge on any atom is 0.347 e. The molecule has 1 atom stereocenters. The number of esters is 1. The molecule has 0 amide bonds. The number of hydrogen-bond donors (Lipinski definition) is 1. The third-order valence-corrected chi connectivity index (χ3v) is 3.45. The molecule has 0 aromatic heterocycles. The van der Waals surface area contributed by atoms with Gasteiger partial charge in [-0.15, -0.1) is 0 Å². The Kier molecular flexibility index (Phi) is 7.62. The summed E-state index contributed by atoms with van der Waals surface area (Å²) in [5, 5.41) is 0. The zero-order valence-corrected chi connectivity index (χ0v) is 13.6. The Morgan fingerprint density at radius 3 is 2.75 bits per heavy atom. The van der Waals surface area contributed by atoms with E-state index in [4.69, 9.17) is 15.2 Å². The molecule has 1 aromatic carbocycles. The fourth-order valence-corrected chi connectivity index (χ4v) is 2.40. The predicted molar refractivity (Wildman–Crippen MR) is 82.9 cm³/mol. The molecule has 4 nitrogen and oxygen atoms in total. The van der Waals surface area contributed by atoms with Gasteiger partial charge in [0.05, 0.1) is 11.1 Å². The molecule has 0 aliphatic carbocycles. The topological polar surface area (TPSA) is 61.5 Å². The van der Waals surface area contributed by atoms with Crippen molar-refractivity contribution < 1.29 is 14.3 Å². The van der Waals surface area contributed by atoms with Crippen molar-refractivity contribution in [1.82, 2.24) is 0 Å². The average molecular weight is 344 g/mol.